The van der Waals surface area contributed by atoms with Gasteiger partial charge in [0.05, 0.1) is 18.4 Å². The number of rotatable bonds is 17. The summed E-state index contributed by atoms with van der Waals surface area (Å²) in [7, 11) is 0. The molecule has 0 fully saturated rings. The maximum Gasteiger partial charge on any atom is 0.336 e. The first-order valence-corrected chi connectivity index (χ1v) is 11.6. The standard InChI is InChI=1S/C17H34O4.C6H8O7/c1-5-8-11-16(20,12-9-6-2)17(21,13-10-7-3)15(19)14(4)18;7-3(8)1-6(13,5(11)12)2-4(9)10/h15,19-21H,5-13H2,1-4H3;13H,1-2H2,(H,7,8)(H,9,10)(H,11,12). The fourth-order valence-electron chi connectivity index (χ4n) is 3.62. The van der Waals surface area contributed by atoms with Crippen LogP contribution in [0.2, 0.25) is 0 Å². The van der Waals surface area contributed by atoms with E-state index >= 15 is 0 Å². The van der Waals surface area contributed by atoms with E-state index < -0.39 is 59.4 Å². The molecule has 2 unspecified atom stereocenters. The molecule has 0 aliphatic rings. The summed E-state index contributed by atoms with van der Waals surface area (Å²) in [5.74, 6) is -5.50. The van der Waals surface area contributed by atoms with Gasteiger partial charge in [0, 0.05) is 0 Å². The van der Waals surface area contributed by atoms with Crippen molar-refractivity contribution in [2.45, 2.75) is 121 Å². The number of Topliss-reactive ketones (excluding diaryl/α,β-unsaturated/α-hetero) is 1. The van der Waals surface area contributed by atoms with Gasteiger partial charge in [0.25, 0.3) is 0 Å². The highest BCUT2D eigenvalue weighted by molar-refractivity contribution is 5.88. The molecule has 0 aliphatic carbocycles. The Morgan fingerprint density at radius 1 is 0.706 bits per heavy atom. The SMILES string of the molecule is CCCCC(O)(CCCC)C(O)(CCCC)C(O)C(C)=O.O=C(O)CC(O)(CC(=O)O)C(=O)O. The number of aliphatic carboxylic acids is 3. The average molecular weight is 495 g/mol. The van der Waals surface area contributed by atoms with Crippen LogP contribution in [0.15, 0.2) is 0 Å². The van der Waals surface area contributed by atoms with Crippen LogP contribution in [0.25, 0.3) is 0 Å². The summed E-state index contributed by atoms with van der Waals surface area (Å²) in [6.07, 6.45) is 2.08. The lowest BCUT2D eigenvalue weighted by Crippen LogP contribution is -2.63. The Balaban J connectivity index is 0. The van der Waals surface area contributed by atoms with Crippen molar-refractivity contribution in [2.24, 2.45) is 0 Å². The molecule has 0 radical (unpaired) electrons. The predicted octanol–water partition coefficient (Wildman–Crippen LogP) is 1.72. The minimum atomic E-state index is -2.74. The number of aliphatic hydroxyl groups is 4. The van der Waals surface area contributed by atoms with Crippen molar-refractivity contribution in [3.8, 4) is 0 Å². The third-order valence-corrected chi connectivity index (χ3v) is 5.73. The van der Waals surface area contributed by atoms with Crippen molar-refractivity contribution in [1.29, 1.82) is 0 Å². The first-order chi connectivity index (χ1) is 15.6. The van der Waals surface area contributed by atoms with E-state index in [1.54, 1.807) is 0 Å². The van der Waals surface area contributed by atoms with Gasteiger partial charge in [0.15, 0.2) is 11.4 Å². The Morgan fingerprint density at radius 2 is 1.06 bits per heavy atom. The second kappa shape index (κ2) is 15.8. The van der Waals surface area contributed by atoms with Crippen molar-refractivity contribution in [1.82, 2.24) is 0 Å². The number of hydrogen-bond acceptors (Lipinski definition) is 8. The Kier molecular flexibility index (Phi) is 15.8. The molecule has 0 aromatic heterocycles. The van der Waals surface area contributed by atoms with E-state index in [0.717, 1.165) is 32.1 Å². The first kappa shape index (κ1) is 34.1. The molecule has 34 heavy (non-hydrogen) atoms. The van der Waals surface area contributed by atoms with E-state index in [4.69, 9.17) is 20.4 Å². The van der Waals surface area contributed by atoms with Crippen LogP contribution in [0.5, 0.6) is 0 Å². The van der Waals surface area contributed by atoms with Gasteiger partial charge in [-0.3, -0.25) is 14.4 Å². The molecule has 11 nitrogen and oxygen atoms in total. The molecule has 0 amide bonds. The van der Waals surface area contributed by atoms with Crippen LogP contribution >= 0.6 is 0 Å². The van der Waals surface area contributed by atoms with Crippen LogP contribution in [0.1, 0.15) is 98.3 Å². The van der Waals surface area contributed by atoms with Crippen molar-refractivity contribution < 1.29 is 54.9 Å². The summed E-state index contributed by atoms with van der Waals surface area (Å²) in [4.78, 5) is 42.1. The first-order valence-electron chi connectivity index (χ1n) is 11.6. The zero-order valence-electron chi connectivity index (χ0n) is 20.6. The van der Waals surface area contributed by atoms with Crippen LogP contribution in [-0.2, 0) is 19.2 Å². The van der Waals surface area contributed by atoms with Crippen molar-refractivity contribution in [2.75, 3.05) is 0 Å². The zero-order valence-corrected chi connectivity index (χ0v) is 20.6. The molecule has 0 heterocycles. The number of carboxylic acid groups (broad SMARTS) is 3. The van der Waals surface area contributed by atoms with E-state index in [9.17, 15) is 34.5 Å². The molecule has 11 heteroatoms. The molecular weight excluding hydrogens is 452 g/mol. The summed E-state index contributed by atoms with van der Waals surface area (Å²) < 4.78 is 0. The van der Waals surface area contributed by atoms with Gasteiger partial charge in [0.1, 0.15) is 11.7 Å². The molecule has 0 bridgehead atoms. The molecule has 0 rings (SSSR count). The molecule has 0 aliphatic heterocycles. The number of aliphatic hydroxyl groups excluding tert-OH is 1. The van der Waals surface area contributed by atoms with Crippen LogP contribution in [0, 0.1) is 0 Å². The number of ketones is 1. The van der Waals surface area contributed by atoms with Crippen molar-refractivity contribution >= 4 is 23.7 Å². The lowest BCUT2D eigenvalue weighted by molar-refractivity contribution is -0.212. The topological polar surface area (TPSA) is 210 Å². The van der Waals surface area contributed by atoms with E-state index in [2.05, 4.69) is 0 Å². The number of carbonyl (C=O) groups excluding carboxylic acids is 1. The van der Waals surface area contributed by atoms with Gasteiger partial charge in [-0.1, -0.05) is 59.3 Å². The second-order valence-electron chi connectivity index (χ2n) is 8.76. The highest BCUT2D eigenvalue weighted by Crippen LogP contribution is 2.39. The van der Waals surface area contributed by atoms with E-state index in [0.29, 0.717) is 19.3 Å². The van der Waals surface area contributed by atoms with Crippen LogP contribution in [0.3, 0.4) is 0 Å². The zero-order chi connectivity index (χ0) is 27.2. The Morgan fingerprint density at radius 3 is 1.32 bits per heavy atom. The van der Waals surface area contributed by atoms with E-state index in [-0.39, 0.29) is 6.42 Å². The van der Waals surface area contributed by atoms with Gasteiger partial charge >= 0.3 is 17.9 Å². The third-order valence-electron chi connectivity index (χ3n) is 5.73. The van der Waals surface area contributed by atoms with Crippen molar-refractivity contribution in [3.05, 3.63) is 0 Å². The van der Waals surface area contributed by atoms with Gasteiger partial charge in [-0.25, -0.2) is 4.79 Å². The minimum Gasteiger partial charge on any atom is -0.481 e. The molecule has 0 saturated heterocycles. The van der Waals surface area contributed by atoms with Gasteiger partial charge in [0.2, 0.25) is 0 Å². The van der Waals surface area contributed by atoms with Gasteiger partial charge in [-0.2, -0.15) is 0 Å². The fraction of sp³-hybridized carbons (Fsp3) is 0.826. The van der Waals surface area contributed by atoms with E-state index in [1.165, 1.54) is 6.92 Å². The molecule has 0 saturated carbocycles. The molecule has 0 spiro atoms. The Hall–Kier alpha value is -2.08. The van der Waals surface area contributed by atoms with Crippen LogP contribution < -0.4 is 0 Å². The Bertz CT molecular complexity index is 637. The fourth-order valence-corrected chi connectivity index (χ4v) is 3.62. The second-order valence-corrected chi connectivity index (χ2v) is 8.76. The normalized spacial score (nSPS) is 14.4. The largest absolute Gasteiger partial charge is 0.481 e. The molecule has 0 aromatic carbocycles. The number of hydrogen-bond donors (Lipinski definition) is 7. The highest BCUT2D eigenvalue weighted by Gasteiger charge is 2.53. The average Bonchev–Trinajstić information content (AvgIpc) is 2.72. The third kappa shape index (κ3) is 10.9. The van der Waals surface area contributed by atoms with Crippen LogP contribution in [0.4, 0.5) is 0 Å². The number of carboxylic acids is 3. The monoisotopic (exact) mass is 494 g/mol. The summed E-state index contributed by atoms with van der Waals surface area (Å²) in [6.45, 7) is 7.29. The summed E-state index contributed by atoms with van der Waals surface area (Å²) in [5.41, 5.74) is -5.89. The lowest BCUT2D eigenvalue weighted by atomic mass is 9.69. The summed E-state index contributed by atoms with van der Waals surface area (Å²) >= 11 is 0. The van der Waals surface area contributed by atoms with Gasteiger partial charge in [-0.15, -0.1) is 0 Å². The summed E-state index contributed by atoms with van der Waals surface area (Å²) in [5, 5.41) is 66.2. The molecule has 0 aromatic rings. The number of unbranched alkanes of at least 4 members (excludes halogenated alkanes) is 3. The smallest absolute Gasteiger partial charge is 0.336 e. The molecule has 2 atom stereocenters. The minimum absolute atomic E-state index is 0.244. The quantitative estimate of drug-likeness (QED) is 0.155. The van der Waals surface area contributed by atoms with Crippen LogP contribution in [-0.4, -0.2) is 82.3 Å². The molecule has 7 N–H and O–H groups in total. The maximum absolute atomic E-state index is 11.6. The molecule has 200 valence electrons. The highest BCUT2D eigenvalue weighted by atomic mass is 16.4. The maximum atomic E-state index is 11.6. The lowest BCUT2D eigenvalue weighted by Gasteiger charge is -2.46. The Labute approximate surface area is 200 Å². The molecular formula is C23H42O11. The van der Waals surface area contributed by atoms with Gasteiger partial charge in [-0.05, 0) is 26.2 Å². The van der Waals surface area contributed by atoms with Gasteiger partial charge < -0.3 is 35.7 Å². The summed E-state index contributed by atoms with van der Waals surface area (Å²) in [6, 6.07) is 0. The van der Waals surface area contributed by atoms with E-state index in [1.807, 2.05) is 20.8 Å². The predicted molar refractivity (Wildman–Crippen MR) is 122 cm³/mol. The number of carbonyl (C=O) groups is 4. The van der Waals surface area contributed by atoms with Crippen molar-refractivity contribution in [3.63, 3.8) is 0 Å².